The molecule has 5 heteroatoms. The number of hydrogen-bond donors (Lipinski definition) is 1. The van der Waals surface area contributed by atoms with E-state index >= 15 is 0 Å². The second-order valence-electron chi connectivity index (χ2n) is 8.13. The first-order valence-corrected chi connectivity index (χ1v) is 10.6. The maximum absolute atomic E-state index is 13.2. The molecule has 0 saturated carbocycles. The first-order valence-electron chi connectivity index (χ1n) is 10.6. The van der Waals surface area contributed by atoms with Crippen LogP contribution in [0.25, 0.3) is 0 Å². The van der Waals surface area contributed by atoms with Crippen LogP contribution >= 0.6 is 0 Å². The molecule has 0 aliphatic carbocycles. The number of nitrogens with one attached hydrogen (secondary N) is 1. The molecule has 1 N–H and O–H groups in total. The molecule has 0 aliphatic heterocycles. The van der Waals surface area contributed by atoms with Gasteiger partial charge < -0.3 is 15.0 Å². The molecule has 1 atom stereocenters. The number of aryl methyl sites for hydroxylation is 2. The van der Waals surface area contributed by atoms with Gasteiger partial charge in [0.25, 0.3) is 5.91 Å². The summed E-state index contributed by atoms with van der Waals surface area (Å²) in [5.41, 5.74) is 3.11. The van der Waals surface area contributed by atoms with Crippen molar-refractivity contribution in [3.63, 3.8) is 0 Å². The Kier molecular flexibility index (Phi) is 8.90. The fourth-order valence-electron chi connectivity index (χ4n) is 3.31. The zero-order valence-corrected chi connectivity index (χ0v) is 18.8. The van der Waals surface area contributed by atoms with Crippen molar-refractivity contribution in [1.82, 2.24) is 10.2 Å². The van der Waals surface area contributed by atoms with E-state index < -0.39 is 6.04 Å². The van der Waals surface area contributed by atoms with Gasteiger partial charge in [-0.2, -0.15) is 0 Å². The van der Waals surface area contributed by atoms with Gasteiger partial charge in [0.2, 0.25) is 5.91 Å². The first kappa shape index (κ1) is 23.5. The van der Waals surface area contributed by atoms with Gasteiger partial charge in [0, 0.05) is 13.1 Å². The summed E-state index contributed by atoms with van der Waals surface area (Å²) >= 11 is 0. The van der Waals surface area contributed by atoms with E-state index in [9.17, 15) is 9.59 Å². The van der Waals surface area contributed by atoms with Crippen LogP contribution in [0.4, 0.5) is 0 Å². The highest BCUT2D eigenvalue weighted by Gasteiger charge is 2.29. The molecule has 0 saturated heterocycles. The molecule has 0 heterocycles. The van der Waals surface area contributed by atoms with Gasteiger partial charge in [-0.1, -0.05) is 68.8 Å². The van der Waals surface area contributed by atoms with E-state index in [1.165, 1.54) is 0 Å². The minimum Gasteiger partial charge on any atom is -0.483 e. The Balaban J connectivity index is 2.18. The Morgan fingerprint density at radius 3 is 2.37 bits per heavy atom. The molecule has 0 radical (unpaired) electrons. The SMILES string of the molecule is CC[C@@H](C(=O)NCC(C)C)N(Cc1ccccc1)C(=O)COc1ccc(C)cc1C. The van der Waals surface area contributed by atoms with E-state index in [4.69, 9.17) is 4.74 Å². The number of carbonyl (C=O) groups excluding carboxylic acids is 2. The lowest BCUT2D eigenvalue weighted by Gasteiger charge is -2.31. The molecule has 162 valence electrons. The largest absolute Gasteiger partial charge is 0.483 e. The molecule has 2 aromatic rings. The summed E-state index contributed by atoms with van der Waals surface area (Å²) in [5, 5.41) is 2.97. The molecule has 2 aromatic carbocycles. The van der Waals surface area contributed by atoms with Crippen molar-refractivity contribution in [3.8, 4) is 5.75 Å². The third-order valence-corrected chi connectivity index (χ3v) is 4.95. The Bertz CT molecular complexity index is 834. The maximum Gasteiger partial charge on any atom is 0.261 e. The lowest BCUT2D eigenvalue weighted by Crippen LogP contribution is -2.50. The number of benzene rings is 2. The Hall–Kier alpha value is -2.82. The summed E-state index contributed by atoms with van der Waals surface area (Å²) in [4.78, 5) is 27.6. The highest BCUT2D eigenvalue weighted by atomic mass is 16.5. The Morgan fingerprint density at radius 2 is 1.77 bits per heavy atom. The highest BCUT2D eigenvalue weighted by molar-refractivity contribution is 5.88. The van der Waals surface area contributed by atoms with Gasteiger partial charge in [-0.05, 0) is 43.4 Å². The number of rotatable bonds is 10. The van der Waals surface area contributed by atoms with Gasteiger partial charge in [0.05, 0.1) is 0 Å². The Morgan fingerprint density at radius 1 is 1.07 bits per heavy atom. The van der Waals surface area contributed by atoms with Crippen LogP contribution in [-0.2, 0) is 16.1 Å². The molecule has 0 aromatic heterocycles. The number of hydrogen-bond acceptors (Lipinski definition) is 3. The molecule has 0 aliphatic rings. The summed E-state index contributed by atoms with van der Waals surface area (Å²) in [6.07, 6.45) is 0.534. The standard InChI is InChI=1S/C25H34N2O3/c1-6-22(25(29)26-15-18(2)3)27(16-21-10-8-7-9-11-21)24(28)17-30-23-13-12-19(4)14-20(23)5/h7-14,18,22H,6,15-17H2,1-5H3,(H,26,29)/t22-/m0/s1. The van der Waals surface area contributed by atoms with Crippen LogP contribution in [0.5, 0.6) is 5.75 Å². The van der Waals surface area contributed by atoms with Crippen molar-refractivity contribution in [1.29, 1.82) is 0 Å². The van der Waals surface area contributed by atoms with Gasteiger partial charge in [0.15, 0.2) is 6.61 Å². The van der Waals surface area contributed by atoms with Crippen molar-refractivity contribution in [2.75, 3.05) is 13.2 Å². The molecule has 30 heavy (non-hydrogen) atoms. The average molecular weight is 411 g/mol. The molecule has 5 nitrogen and oxygen atoms in total. The second-order valence-corrected chi connectivity index (χ2v) is 8.13. The van der Waals surface area contributed by atoms with Crippen molar-refractivity contribution < 1.29 is 14.3 Å². The number of nitrogens with zero attached hydrogens (tertiary/aromatic N) is 1. The zero-order chi connectivity index (χ0) is 22.1. The molecular formula is C25H34N2O3. The molecular weight excluding hydrogens is 376 g/mol. The second kappa shape index (κ2) is 11.4. The van der Waals surface area contributed by atoms with E-state index in [-0.39, 0.29) is 18.4 Å². The topological polar surface area (TPSA) is 58.6 Å². The number of carbonyl (C=O) groups is 2. The van der Waals surface area contributed by atoms with Crippen LogP contribution in [-0.4, -0.2) is 35.9 Å². The predicted molar refractivity (Wildman–Crippen MR) is 120 cm³/mol. The molecule has 2 amide bonds. The first-order chi connectivity index (χ1) is 14.3. The van der Waals surface area contributed by atoms with E-state index in [1.54, 1.807) is 4.90 Å². The summed E-state index contributed by atoms with van der Waals surface area (Å²) < 4.78 is 5.82. The van der Waals surface area contributed by atoms with Crippen LogP contribution in [0.15, 0.2) is 48.5 Å². The monoisotopic (exact) mass is 410 g/mol. The maximum atomic E-state index is 13.2. The van der Waals surface area contributed by atoms with Crippen LogP contribution < -0.4 is 10.1 Å². The predicted octanol–water partition coefficient (Wildman–Crippen LogP) is 4.26. The fraction of sp³-hybridized carbons (Fsp3) is 0.440. The van der Waals surface area contributed by atoms with Crippen molar-refractivity contribution in [2.45, 2.75) is 53.6 Å². The van der Waals surface area contributed by atoms with E-state index in [1.807, 2.05) is 83.1 Å². The summed E-state index contributed by atoms with van der Waals surface area (Å²) in [7, 11) is 0. The summed E-state index contributed by atoms with van der Waals surface area (Å²) in [6.45, 7) is 10.8. The van der Waals surface area contributed by atoms with Crippen LogP contribution in [0.2, 0.25) is 0 Å². The normalized spacial score (nSPS) is 11.8. The van der Waals surface area contributed by atoms with Crippen molar-refractivity contribution >= 4 is 11.8 Å². The molecule has 0 unspecified atom stereocenters. The average Bonchev–Trinajstić information content (AvgIpc) is 2.72. The lowest BCUT2D eigenvalue weighted by molar-refractivity contribution is -0.143. The fourth-order valence-corrected chi connectivity index (χ4v) is 3.31. The van der Waals surface area contributed by atoms with Crippen molar-refractivity contribution in [2.24, 2.45) is 5.92 Å². The number of amides is 2. The van der Waals surface area contributed by atoms with Gasteiger partial charge in [0.1, 0.15) is 11.8 Å². The van der Waals surface area contributed by atoms with Gasteiger partial charge in [-0.3, -0.25) is 9.59 Å². The smallest absolute Gasteiger partial charge is 0.261 e. The molecule has 0 fully saturated rings. The summed E-state index contributed by atoms with van der Waals surface area (Å²) in [5.74, 6) is 0.705. The van der Waals surface area contributed by atoms with Gasteiger partial charge in [-0.15, -0.1) is 0 Å². The van der Waals surface area contributed by atoms with E-state index in [0.717, 1.165) is 16.7 Å². The van der Waals surface area contributed by atoms with Crippen LogP contribution in [0.1, 0.15) is 43.9 Å². The van der Waals surface area contributed by atoms with Gasteiger partial charge >= 0.3 is 0 Å². The molecule has 0 bridgehead atoms. The highest BCUT2D eigenvalue weighted by Crippen LogP contribution is 2.19. The Labute approximate surface area is 180 Å². The number of ether oxygens (including phenoxy) is 1. The van der Waals surface area contributed by atoms with Crippen LogP contribution in [0.3, 0.4) is 0 Å². The lowest BCUT2D eigenvalue weighted by atomic mass is 10.1. The minimum absolute atomic E-state index is 0.106. The summed E-state index contributed by atoms with van der Waals surface area (Å²) in [6, 6.07) is 15.1. The zero-order valence-electron chi connectivity index (χ0n) is 18.8. The van der Waals surface area contributed by atoms with Crippen LogP contribution in [0, 0.1) is 19.8 Å². The minimum atomic E-state index is -0.542. The van der Waals surface area contributed by atoms with E-state index in [0.29, 0.717) is 31.2 Å². The van der Waals surface area contributed by atoms with Gasteiger partial charge in [-0.25, -0.2) is 0 Å². The van der Waals surface area contributed by atoms with E-state index in [2.05, 4.69) is 5.32 Å². The quantitative estimate of drug-likeness (QED) is 0.637. The third-order valence-electron chi connectivity index (χ3n) is 4.95. The van der Waals surface area contributed by atoms with Crippen molar-refractivity contribution in [3.05, 3.63) is 65.2 Å². The molecule has 2 rings (SSSR count). The third kappa shape index (κ3) is 6.90. The molecule has 0 spiro atoms.